The van der Waals surface area contributed by atoms with E-state index in [1.165, 1.54) is 11.3 Å². The molecule has 0 saturated heterocycles. The second-order valence-corrected chi connectivity index (χ2v) is 4.21. The summed E-state index contributed by atoms with van der Waals surface area (Å²) >= 11 is 1.26. The lowest BCUT2D eigenvalue weighted by atomic mass is 10.3. The van der Waals surface area contributed by atoms with Gasteiger partial charge in [0, 0.05) is 6.54 Å². The predicted octanol–water partition coefficient (Wildman–Crippen LogP) is 0.585. The van der Waals surface area contributed by atoms with Gasteiger partial charge in [0.15, 0.2) is 0 Å². The highest BCUT2D eigenvalue weighted by Gasteiger charge is 2.17. The maximum absolute atomic E-state index is 11.7. The van der Waals surface area contributed by atoms with Crippen LogP contribution in [0.25, 0.3) is 0 Å². The van der Waals surface area contributed by atoms with Gasteiger partial charge in [-0.3, -0.25) is 9.59 Å². The highest BCUT2D eigenvalue weighted by atomic mass is 32.1. The summed E-state index contributed by atoms with van der Waals surface area (Å²) < 4.78 is 0. The quantitative estimate of drug-likeness (QED) is 0.721. The molecular formula is C10H15N3O2S. The van der Waals surface area contributed by atoms with Crippen molar-refractivity contribution in [1.29, 1.82) is 0 Å². The maximum Gasteiger partial charge on any atom is 0.264 e. The first-order valence-electron chi connectivity index (χ1n) is 4.97. The zero-order valence-electron chi connectivity index (χ0n) is 9.24. The Hall–Kier alpha value is -1.56. The molecule has 0 aliphatic rings. The lowest BCUT2D eigenvalue weighted by molar-refractivity contribution is -0.122. The summed E-state index contributed by atoms with van der Waals surface area (Å²) in [6.07, 6.45) is 0. The molecule has 4 N–H and O–H groups in total. The van der Waals surface area contributed by atoms with E-state index in [1.807, 2.05) is 6.92 Å². The first-order valence-corrected chi connectivity index (χ1v) is 5.85. The van der Waals surface area contributed by atoms with E-state index in [9.17, 15) is 9.59 Å². The number of anilines is 1. The number of nitrogen functional groups attached to an aromatic ring is 1. The molecule has 0 aliphatic heterocycles. The average Bonchev–Trinajstić information content (AvgIpc) is 2.64. The molecule has 2 amide bonds. The smallest absolute Gasteiger partial charge is 0.264 e. The van der Waals surface area contributed by atoms with Gasteiger partial charge in [0.1, 0.15) is 10.9 Å². The van der Waals surface area contributed by atoms with Gasteiger partial charge in [-0.05, 0) is 25.3 Å². The number of carbonyl (C=O) groups is 2. The fourth-order valence-corrected chi connectivity index (χ4v) is 1.88. The molecule has 88 valence electrons. The number of likely N-dealkylation sites (N-methyl/N-ethyl adjacent to an activating group) is 1. The summed E-state index contributed by atoms with van der Waals surface area (Å²) in [5, 5.41) is 6.95. The van der Waals surface area contributed by atoms with Crippen LogP contribution in [0.2, 0.25) is 0 Å². The number of nitrogens with one attached hydrogen (secondary N) is 2. The zero-order chi connectivity index (χ0) is 12.1. The predicted molar refractivity (Wildman–Crippen MR) is 64.3 cm³/mol. The summed E-state index contributed by atoms with van der Waals surface area (Å²) in [4.78, 5) is 23.5. The van der Waals surface area contributed by atoms with Crippen LogP contribution in [-0.2, 0) is 4.79 Å². The molecule has 1 heterocycles. The van der Waals surface area contributed by atoms with Crippen molar-refractivity contribution in [3.63, 3.8) is 0 Å². The zero-order valence-corrected chi connectivity index (χ0v) is 10.1. The molecule has 1 unspecified atom stereocenters. The first kappa shape index (κ1) is 12.5. The monoisotopic (exact) mass is 241 g/mol. The van der Waals surface area contributed by atoms with Gasteiger partial charge >= 0.3 is 0 Å². The molecule has 1 aromatic heterocycles. The van der Waals surface area contributed by atoms with E-state index < -0.39 is 6.04 Å². The summed E-state index contributed by atoms with van der Waals surface area (Å²) in [6.45, 7) is 4.00. The third-order valence-electron chi connectivity index (χ3n) is 1.99. The van der Waals surface area contributed by atoms with Crippen molar-refractivity contribution in [1.82, 2.24) is 10.6 Å². The largest absolute Gasteiger partial charge is 0.397 e. The Kier molecular flexibility index (Phi) is 4.30. The number of hydrogen-bond acceptors (Lipinski definition) is 4. The fourth-order valence-electron chi connectivity index (χ4n) is 1.16. The highest BCUT2D eigenvalue weighted by Crippen LogP contribution is 2.18. The van der Waals surface area contributed by atoms with Crippen molar-refractivity contribution in [2.45, 2.75) is 19.9 Å². The van der Waals surface area contributed by atoms with E-state index in [0.29, 0.717) is 17.1 Å². The lowest BCUT2D eigenvalue weighted by Gasteiger charge is -2.12. The normalized spacial score (nSPS) is 11.9. The standard InChI is InChI=1S/C10H15N3O2S/c1-3-12-9(14)6(2)13-10(15)8-7(11)4-5-16-8/h4-6H,3,11H2,1-2H3,(H,12,14)(H,13,15). The topological polar surface area (TPSA) is 84.2 Å². The molecule has 0 aromatic carbocycles. The fraction of sp³-hybridized carbons (Fsp3) is 0.400. The van der Waals surface area contributed by atoms with Gasteiger partial charge in [-0.25, -0.2) is 0 Å². The summed E-state index contributed by atoms with van der Waals surface area (Å²) in [5.74, 6) is -0.516. The van der Waals surface area contributed by atoms with Crippen LogP contribution in [0.1, 0.15) is 23.5 Å². The molecule has 0 bridgehead atoms. The number of carbonyl (C=O) groups excluding carboxylic acids is 2. The van der Waals surface area contributed by atoms with Crippen LogP contribution in [0.15, 0.2) is 11.4 Å². The molecule has 16 heavy (non-hydrogen) atoms. The molecule has 0 aliphatic carbocycles. The SMILES string of the molecule is CCNC(=O)C(C)NC(=O)c1sccc1N. The number of rotatable bonds is 4. The third kappa shape index (κ3) is 2.96. The second kappa shape index (κ2) is 5.50. The molecule has 6 heteroatoms. The summed E-state index contributed by atoms with van der Waals surface area (Å²) in [6, 6.07) is 1.10. The Bertz CT molecular complexity index is 389. The van der Waals surface area contributed by atoms with Crippen LogP contribution < -0.4 is 16.4 Å². The van der Waals surface area contributed by atoms with Crippen LogP contribution >= 0.6 is 11.3 Å². The minimum atomic E-state index is -0.561. The minimum absolute atomic E-state index is 0.203. The van der Waals surface area contributed by atoms with E-state index in [4.69, 9.17) is 5.73 Å². The van der Waals surface area contributed by atoms with Crippen molar-refractivity contribution in [2.24, 2.45) is 0 Å². The Balaban J connectivity index is 2.58. The van der Waals surface area contributed by atoms with Crippen LogP contribution in [0, 0.1) is 0 Å². The molecule has 0 fully saturated rings. The van der Waals surface area contributed by atoms with Crippen LogP contribution in [0.4, 0.5) is 5.69 Å². The molecule has 1 aromatic rings. The van der Waals surface area contributed by atoms with Crippen molar-refractivity contribution >= 4 is 28.8 Å². The summed E-state index contributed by atoms with van der Waals surface area (Å²) in [5.41, 5.74) is 6.04. The third-order valence-corrected chi connectivity index (χ3v) is 2.92. The molecule has 1 rings (SSSR count). The van der Waals surface area contributed by atoms with E-state index in [0.717, 1.165) is 0 Å². The van der Waals surface area contributed by atoms with E-state index in [2.05, 4.69) is 10.6 Å². The van der Waals surface area contributed by atoms with Gasteiger partial charge < -0.3 is 16.4 Å². The van der Waals surface area contributed by atoms with Crippen LogP contribution in [-0.4, -0.2) is 24.4 Å². The van der Waals surface area contributed by atoms with Crippen LogP contribution in [0.5, 0.6) is 0 Å². The van der Waals surface area contributed by atoms with Crippen LogP contribution in [0.3, 0.4) is 0 Å². The van der Waals surface area contributed by atoms with Gasteiger partial charge in [-0.15, -0.1) is 11.3 Å². The summed E-state index contributed by atoms with van der Waals surface area (Å²) in [7, 11) is 0. The lowest BCUT2D eigenvalue weighted by Crippen LogP contribution is -2.44. The van der Waals surface area contributed by atoms with Crippen molar-refractivity contribution < 1.29 is 9.59 Å². The number of thiophene rings is 1. The maximum atomic E-state index is 11.7. The minimum Gasteiger partial charge on any atom is -0.397 e. The van der Waals surface area contributed by atoms with Crippen molar-refractivity contribution in [2.75, 3.05) is 12.3 Å². The molecule has 0 spiro atoms. The molecular weight excluding hydrogens is 226 g/mol. The Labute approximate surface area is 98.0 Å². The average molecular weight is 241 g/mol. The molecule has 1 atom stereocenters. The molecule has 5 nitrogen and oxygen atoms in total. The Morgan fingerprint density at radius 2 is 2.25 bits per heavy atom. The first-order chi connectivity index (χ1) is 7.56. The second-order valence-electron chi connectivity index (χ2n) is 3.29. The van der Waals surface area contributed by atoms with Crippen molar-refractivity contribution in [3.05, 3.63) is 16.3 Å². The number of hydrogen-bond donors (Lipinski definition) is 3. The van der Waals surface area contributed by atoms with E-state index in [-0.39, 0.29) is 11.8 Å². The van der Waals surface area contributed by atoms with Gasteiger partial charge in [0.2, 0.25) is 5.91 Å². The van der Waals surface area contributed by atoms with Crippen molar-refractivity contribution in [3.8, 4) is 0 Å². The van der Waals surface area contributed by atoms with E-state index in [1.54, 1.807) is 18.4 Å². The Morgan fingerprint density at radius 3 is 2.75 bits per heavy atom. The van der Waals surface area contributed by atoms with Gasteiger partial charge in [0.05, 0.1) is 5.69 Å². The molecule has 0 radical (unpaired) electrons. The highest BCUT2D eigenvalue weighted by molar-refractivity contribution is 7.12. The Morgan fingerprint density at radius 1 is 1.56 bits per heavy atom. The van der Waals surface area contributed by atoms with E-state index >= 15 is 0 Å². The van der Waals surface area contributed by atoms with Gasteiger partial charge in [0.25, 0.3) is 5.91 Å². The molecule has 0 saturated carbocycles. The number of nitrogens with two attached hydrogens (primary N) is 1. The van der Waals surface area contributed by atoms with Gasteiger partial charge in [-0.2, -0.15) is 0 Å². The van der Waals surface area contributed by atoms with Gasteiger partial charge in [-0.1, -0.05) is 0 Å². The number of amides is 2.